The lowest BCUT2D eigenvalue weighted by Crippen LogP contribution is -2.49. The van der Waals surface area contributed by atoms with Crippen molar-refractivity contribution >= 4 is 0 Å². The molecule has 2 aliphatic heterocycles. The summed E-state index contributed by atoms with van der Waals surface area (Å²) in [6, 6.07) is 17.5. The van der Waals surface area contributed by atoms with Gasteiger partial charge in [-0.05, 0) is 23.3 Å². The molecule has 0 aromatic heterocycles. The van der Waals surface area contributed by atoms with Gasteiger partial charge in [-0.15, -0.1) is 0 Å². The molecule has 2 aromatic rings. The van der Waals surface area contributed by atoms with Crippen molar-refractivity contribution in [1.82, 2.24) is 14.7 Å². The SMILES string of the molecule is Fc1ccc([C@@H]2CN(CCN3CCN(Cc4ccccc4)CC3)CCO2)cc1. The second kappa shape index (κ2) is 9.61. The van der Waals surface area contributed by atoms with Crippen LogP contribution in [0.3, 0.4) is 0 Å². The quantitative estimate of drug-likeness (QED) is 0.763. The summed E-state index contributed by atoms with van der Waals surface area (Å²) in [5, 5.41) is 0. The van der Waals surface area contributed by atoms with Gasteiger partial charge in [-0.3, -0.25) is 14.7 Å². The molecule has 2 aliphatic rings. The van der Waals surface area contributed by atoms with E-state index < -0.39 is 0 Å². The van der Waals surface area contributed by atoms with Gasteiger partial charge in [0, 0.05) is 58.9 Å². The molecule has 0 amide bonds. The summed E-state index contributed by atoms with van der Waals surface area (Å²) in [5.41, 5.74) is 2.47. The van der Waals surface area contributed by atoms with E-state index >= 15 is 0 Å². The number of nitrogens with zero attached hydrogens (tertiary/aromatic N) is 3. The minimum Gasteiger partial charge on any atom is -0.371 e. The molecule has 5 heteroatoms. The Labute approximate surface area is 167 Å². The van der Waals surface area contributed by atoms with E-state index in [0.29, 0.717) is 0 Å². The Hall–Kier alpha value is -1.79. The van der Waals surface area contributed by atoms with Gasteiger partial charge in [0.1, 0.15) is 5.82 Å². The van der Waals surface area contributed by atoms with Gasteiger partial charge < -0.3 is 4.74 Å². The van der Waals surface area contributed by atoms with Crippen LogP contribution in [-0.4, -0.2) is 73.7 Å². The first-order valence-corrected chi connectivity index (χ1v) is 10.3. The van der Waals surface area contributed by atoms with E-state index in [-0.39, 0.29) is 11.9 Å². The normalized spacial score (nSPS) is 22.4. The number of rotatable bonds is 6. The van der Waals surface area contributed by atoms with Crippen molar-refractivity contribution in [2.45, 2.75) is 12.6 Å². The van der Waals surface area contributed by atoms with Crippen LogP contribution in [-0.2, 0) is 11.3 Å². The number of benzene rings is 2. The molecule has 4 rings (SSSR count). The maximum atomic E-state index is 13.1. The fourth-order valence-electron chi connectivity index (χ4n) is 4.08. The van der Waals surface area contributed by atoms with Crippen molar-refractivity contribution < 1.29 is 9.13 Å². The van der Waals surface area contributed by atoms with Gasteiger partial charge in [-0.1, -0.05) is 42.5 Å². The zero-order valence-electron chi connectivity index (χ0n) is 16.5. The zero-order valence-corrected chi connectivity index (χ0v) is 16.5. The summed E-state index contributed by atoms with van der Waals surface area (Å²) in [6.45, 7) is 10.4. The first kappa shape index (κ1) is 19.5. The fourth-order valence-corrected chi connectivity index (χ4v) is 4.08. The van der Waals surface area contributed by atoms with Crippen LogP contribution in [0.15, 0.2) is 54.6 Å². The highest BCUT2D eigenvalue weighted by Crippen LogP contribution is 2.22. The highest BCUT2D eigenvalue weighted by molar-refractivity contribution is 5.19. The van der Waals surface area contributed by atoms with E-state index in [9.17, 15) is 4.39 Å². The number of hydrogen-bond donors (Lipinski definition) is 0. The number of morpholine rings is 1. The molecular weight excluding hydrogens is 353 g/mol. The Morgan fingerprint density at radius 3 is 2.21 bits per heavy atom. The van der Waals surface area contributed by atoms with Crippen LogP contribution in [0.4, 0.5) is 4.39 Å². The number of halogens is 1. The molecule has 2 saturated heterocycles. The van der Waals surface area contributed by atoms with E-state index in [1.54, 1.807) is 0 Å². The number of hydrogen-bond acceptors (Lipinski definition) is 4. The first-order chi connectivity index (χ1) is 13.8. The van der Waals surface area contributed by atoms with Gasteiger partial charge >= 0.3 is 0 Å². The minimum atomic E-state index is -0.192. The number of ether oxygens (including phenoxy) is 1. The molecule has 0 saturated carbocycles. The second-order valence-corrected chi connectivity index (χ2v) is 7.81. The third kappa shape index (κ3) is 5.39. The summed E-state index contributed by atoms with van der Waals surface area (Å²) >= 11 is 0. The van der Waals surface area contributed by atoms with Crippen molar-refractivity contribution in [2.75, 3.05) is 59.0 Å². The number of piperazine rings is 1. The molecular formula is C23H30FN3O. The molecule has 28 heavy (non-hydrogen) atoms. The third-order valence-corrected chi connectivity index (χ3v) is 5.84. The Bertz CT molecular complexity index is 716. The lowest BCUT2D eigenvalue weighted by atomic mass is 10.1. The lowest BCUT2D eigenvalue weighted by Gasteiger charge is -2.37. The van der Waals surface area contributed by atoms with E-state index in [1.807, 2.05) is 12.1 Å². The van der Waals surface area contributed by atoms with Gasteiger partial charge in [0.05, 0.1) is 12.7 Å². The maximum absolute atomic E-state index is 13.1. The van der Waals surface area contributed by atoms with E-state index in [2.05, 4.69) is 45.0 Å². The molecule has 0 aliphatic carbocycles. The van der Waals surface area contributed by atoms with Gasteiger partial charge in [0.2, 0.25) is 0 Å². The molecule has 4 nitrogen and oxygen atoms in total. The van der Waals surface area contributed by atoms with Crippen molar-refractivity contribution in [3.8, 4) is 0 Å². The zero-order chi connectivity index (χ0) is 19.2. The van der Waals surface area contributed by atoms with Crippen LogP contribution in [0.2, 0.25) is 0 Å². The van der Waals surface area contributed by atoms with Crippen LogP contribution in [0.5, 0.6) is 0 Å². The van der Waals surface area contributed by atoms with E-state index in [1.165, 1.54) is 17.7 Å². The molecule has 0 radical (unpaired) electrons. The fraction of sp³-hybridized carbons (Fsp3) is 0.478. The van der Waals surface area contributed by atoms with Crippen molar-refractivity contribution in [2.24, 2.45) is 0 Å². The Morgan fingerprint density at radius 1 is 0.786 bits per heavy atom. The van der Waals surface area contributed by atoms with E-state index in [4.69, 9.17) is 4.74 Å². The first-order valence-electron chi connectivity index (χ1n) is 10.3. The highest BCUT2D eigenvalue weighted by Gasteiger charge is 2.23. The largest absolute Gasteiger partial charge is 0.371 e. The molecule has 1 atom stereocenters. The van der Waals surface area contributed by atoms with Gasteiger partial charge in [-0.25, -0.2) is 4.39 Å². The van der Waals surface area contributed by atoms with E-state index in [0.717, 1.165) is 71.1 Å². The summed E-state index contributed by atoms with van der Waals surface area (Å²) in [6.07, 6.45) is 0.0528. The average molecular weight is 384 g/mol. The topological polar surface area (TPSA) is 19.0 Å². The molecule has 0 bridgehead atoms. The van der Waals surface area contributed by atoms with Gasteiger partial charge in [-0.2, -0.15) is 0 Å². The van der Waals surface area contributed by atoms with Gasteiger partial charge in [0.15, 0.2) is 0 Å². The molecule has 0 unspecified atom stereocenters. The molecule has 0 spiro atoms. The molecule has 2 heterocycles. The smallest absolute Gasteiger partial charge is 0.123 e. The van der Waals surface area contributed by atoms with Crippen LogP contribution >= 0.6 is 0 Å². The molecule has 2 fully saturated rings. The van der Waals surface area contributed by atoms with Crippen molar-refractivity contribution in [1.29, 1.82) is 0 Å². The predicted molar refractivity (Wildman–Crippen MR) is 110 cm³/mol. The Morgan fingerprint density at radius 2 is 1.46 bits per heavy atom. The van der Waals surface area contributed by atoms with Crippen LogP contribution in [0.1, 0.15) is 17.2 Å². The van der Waals surface area contributed by atoms with Crippen molar-refractivity contribution in [3.63, 3.8) is 0 Å². The summed E-state index contributed by atoms with van der Waals surface area (Å²) in [4.78, 5) is 7.60. The third-order valence-electron chi connectivity index (χ3n) is 5.84. The lowest BCUT2D eigenvalue weighted by molar-refractivity contribution is -0.0332. The van der Waals surface area contributed by atoms with Crippen LogP contribution in [0.25, 0.3) is 0 Å². The average Bonchev–Trinajstić information content (AvgIpc) is 2.75. The predicted octanol–water partition coefficient (Wildman–Crippen LogP) is 3.02. The van der Waals surface area contributed by atoms with Crippen molar-refractivity contribution in [3.05, 3.63) is 71.5 Å². The monoisotopic (exact) mass is 383 g/mol. The molecule has 150 valence electrons. The standard InChI is InChI=1S/C23H30FN3O/c24-22-8-6-21(7-9-22)23-19-27(16-17-28-23)15-12-25-10-13-26(14-11-25)18-20-4-2-1-3-5-20/h1-9,23H,10-19H2/t23-/m0/s1. The summed E-state index contributed by atoms with van der Waals surface area (Å²) < 4.78 is 19.1. The van der Waals surface area contributed by atoms with Gasteiger partial charge in [0.25, 0.3) is 0 Å². The molecule has 2 aromatic carbocycles. The summed E-state index contributed by atoms with van der Waals surface area (Å²) in [7, 11) is 0. The van der Waals surface area contributed by atoms with Crippen LogP contribution < -0.4 is 0 Å². The second-order valence-electron chi connectivity index (χ2n) is 7.81. The minimum absolute atomic E-state index is 0.0528. The highest BCUT2D eigenvalue weighted by atomic mass is 19.1. The maximum Gasteiger partial charge on any atom is 0.123 e. The summed E-state index contributed by atoms with van der Waals surface area (Å²) in [5.74, 6) is -0.192. The Kier molecular flexibility index (Phi) is 6.70. The Balaban J connectivity index is 1.19. The molecule has 0 N–H and O–H groups in total. The van der Waals surface area contributed by atoms with Crippen LogP contribution in [0, 0.1) is 5.82 Å².